The van der Waals surface area contributed by atoms with E-state index in [1.807, 2.05) is 26.0 Å². The van der Waals surface area contributed by atoms with E-state index >= 15 is 0 Å². The number of nitrogens with one attached hydrogen (secondary N) is 1. The Kier molecular flexibility index (Phi) is 4.16. The van der Waals surface area contributed by atoms with Crippen LogP contribution in [0.5, 0.6) is 0 Å². The average molecular weight is 262 g/mol. The zero-order valence-corrected chi connectivity index (χ0v) is 10.1. The fraction of sp³-hybridized carbons (Fsp3) is 0.600. The van der Waals surface area contributed by atoms with Crippen molar-refractivity contribution in [3.05, 3.63) is 22.6 Å². The number of halogens is 1. The molecular weight excluding hydrogens is 246 g/mol. The lowest BCUT2D eigenvalue weighted by molar-refractivity contribution is 0.156. The van der Waals surface area contributed by atoms with Crippen molar-refractivity contribution < 1.29 is 9.52 Å². The molecule has 0 aliphatic heterocycles. The molecule has 14 heavy (non-hydrogen) atoms. The van der Waals surface area contributed by atoms with E-state index in [1.54, 1.807) is 0 Å². The van der Waals surface area contributed by atoms with E-state index < -0.39 is 0 Å². The van der Waals surface area contributed by atoms with Crippen molar-refractivity contribution in [3.63, 3.8) is 0 Å². The monoisotopic (exact) mass is 261 g/mol. The molecule has 0 aliphatic carbocycles. The van der Waals surface area contributed by atoms with E-state index in [4.69, 9.17) is 9.52 Å². The second kappa shape index (κ2) is 4.96. The van der Waals surface area contributed by atoms with E-state index in [1.165, 1.54) is 0 Å². The molecule has 0 aliphatic rings. The molecule has 4 heteroatoms. The van der Waals surface area contributed by atoms with Gasteiger partial charge < -0.3 is 14.8 Å². The number of furan rings is 1. The molecule has 0 saturated heterocycles. The summed E-state index contributed by atoms with van der Waals surface area (Å²) in [5.41, 5.74) is -0.0795. The first-order chi connectivity index (χ1) is 6.53. The van der Waals surface area contributed by atoms with Crippen molar-refractivity contribution in [2.75, 3.05) is 13.2 Å². The molecule has 1 rings (SSSR count). The molecule has 0 aromatic carbocycles. The average Bonchev–Trinajstić information content (AvgIpc) is 2.51. The van der Waals surface area contributed by atoms with Crippen molar-refractivity contribution in [2.45, 2.75) is 20.4 Å². The Labute approximate surface area is 92.6 Å². The van der Waals surface area contributed by atoms with Crippen molar-refractivity contribution in [1.82, 2.24) is 5.32 Å². The van der Waals surface area contributed by atoms with Crippen molar-refractivity contribution in [3.8, 4) is 0 Å². The molecule has 2 N–H and O–H groups in total. The third-order valence-electron chi connectivity index (χ3n) is 1.96. The quantitative estimate of drug-likeness (QED) is 0.854. The maximum Gasteiger partial charge on any atom is 0.169 e. The molecule has 1 heterocycles. The first-order valence-corrected chi connectivity index (χ1v) is 5.38. The van der Waals surface area contributed by atoms with Crippen LogP contribution in [0.25, 0.3) is 0 Å². The van der Waals surface area contributed by atoms with E-state index in [0.29, 0.717) is 6.54 Å². The van der Waals surface area contributed by atoms with E-state index in [9.17, 15) is 0 Å². The molecule has 1 aromatic heterocycles. The van der Waals surface area contributed by atoms with Crippen LogP contribution in [-0.4, -0.2) is 18.3 Å². The van der Waals surface area contributed by atoms with Gasteiger partial charge in [-0.2, -0.15) is 0 Å². The Balaban J connectivity index is 2.28. The van der Waals surface area contributed by atoms with E-state index in [-0.39, 0.29) is 12.0 Å². The first-order valence-electron chi connectivity index (χ1n) is 4.59. The van der Waals surface area contributed by atoms with E-state index in [0.717, 1.165) is 17.0 Å². The third-order valence-corrected chi connectivity index (χ3v) is 2.39. The maximum absolute atomic E-state index is 9.02. The Morgan fingerprint density at radius 3 is 2.71 bits per heavy atom. The molecule has 0 unspecified atom stereocenters. The van der Waals surface area contributed by atoms with Crippen LogP contribution >= 0.6 is 15.9 Å². The highest BCUT2D eigenvalue weighted by Gasteiger charge is 2.15. The van der Waals surface area contributed by atoms with Gasteiger partial charge in [-0.25, -0.2) is 0 Å². The van der Waals surface area contributed by atoms with Gasteiger partial charge in [-0.1, -0.05) is 13.8 Å². The zero-order chi connectivity index (χ0) is 10.6. The van der Waals surface area contributed by atoms with Crippen LogP contribution < -0.4 is 5.32 Å². The van der Waals surface area contributed by atoms with Crippen LogP contribution in [0, 0.1) is 5.41 Å². The van der Waals surface area contributed by atoms with E-state index in [2.05, 4.69) is 21.2 Å². The Morgan fingerprint density at radius 2 is 2.21 bits per heavy atom. The van der Waals surface area contributed by atoms with Crippen LogP contribution in [0.1, 0.15) is 19.6 Å². The fourth-order valence-corrected chi connectivity index (χ4v) is 1.37. The lowest BCUT2D eigenvalue weighted by Crippen LogP contribution is -2.31. The summed E-state index contributed by atoms with van der Waals surface area (Å²) in [4.78, 5) is 0. The summed E-state index contributed by atoms with van der Waals surface area (Å²) < 4.78 is 6.07. The topological polar surface area (TPSA) is 45.4 Å². The van der Waals surface area contributed by atoms with Gasteiger partial charge in [0.2, 0.25) is 0 Å². The first kappa shape index (κ1) is 11.8. The van der Waals surface area contributed by atoms with Gasteiger partial charge >= 0.3 is 0 Å². The van der Waals surface area contributed by atoms with Gasteiger partial charge in [-0.3, -0.25) is 0 Å². The number of aliphatic hydroxyl groups excluding tert-OH is 1. The molecule has 0 saturated carbocycles. The molecule has 0 radical (unpaired) electrons. The minimum Gasteiger partial charge on any atom is -0.453 e. The number of aliphatic hydroxyl groups is 1. The highest BCUT2D eigenvalue weighted by Crippen LogP contribution is 2.15. The molecule has 0 amide bonds. The molecule has 0 fully saturated rings. The summed E-state index contributed by atoms with van der Waals surface area (Å²) >= 11 is 3.24. The maximum atomic E-state index is 9.02. The Hall–Kier alpha value is -0.320. The predicted octanol–water partition coefficient (Wildman–Crippen LogP) is 2.15. The second-order valence-corrected chi connectivity index (χ2v) is 4.91. The predicted molar refractivity (Wildman–Crippen MR) is 59.0 cm³/mol. The van der Waals surface area contributed by atoms with Crippen molar-refractivity contribution in [1.29, 1.82) is 0 Å². The Bertz CT molecular complexity index is 283. The number of hydrogen-bond donors (Lipinski definition) is 2. The lowest BCUT2D eigenvalue weighted by Gasteiger charge is -2.21. The van der Waals surface area contributed by atoms with Crippen LogP contribution in [0.15, 0.2) is 21.2 Å². The van der Waals surface area contributed by atoms with Gasteiger partial charge in [0.15, 0.2) is 4.67 Å². The Morgan fingerprint density at radius 1 is 1.50 bits per heavy atom. The number of rotatable bonds is 5. The zero-order valence-electron chi connectivity index (χ0n) is 8.51. The highest BCUT2D eigenvalue weighted by molar-refractivity contribution is 9.10. The summed E-state index contributed by atoms with van der Waals surface area (Å²) in [7, 11) is 0. The molecule has 80 valence electrons. The van der Waals surface area contributed by atoms with Crippen LogP contribution in [0.4, 0.5) is 0 Å². The smallest absolute Gasteiger partial charge is 0.169 e. The SMILES string of the molecule is CC(C)(CO)CNCc1ccc(Br)o1. The van der Waals surface area contributed by atoms with Gasteiger partial charge in [0.1, 0.15) is 5.76 Å². The molecule has 0 spiro atoms. The minimum atomic E-state index is -0.0795. The molecule has 0 bridgehead atoms. The standard InChI is InChI=1S/C10H16BrNO2/c1-10(2,7-13)6-12-5-8-3-4-9(11)14-8/h3-4,12-13H,5-7H2,1-2H3. The molecule has 3 nitrogen and oxygen atoms in total. The highest BCUT2D eigenvalue weighted by atomic mass is 79.9. The molecule has 1 aromatic rings. The summed E-state index contributed by atoms with van der Waals surface area (Å²) in [5, 5.41) is 12.3. The summed E-state index contributed by atoms with van der Waals surface area (Å²) in [6, 6.07) is 3.79. The summed E-state index contributed by atoms with van der Waals surface area (Å²) in [6.07, 6.45) is 0. The molecule has 0 atom stereocenters. The summed E-state index contributed by atoms with van der Waals surface area (Å²) in [5.74, 6) is 0.894. The third kappa shape index (κ3) is 3.82. The number of hydrogen-bond acceptors (Lipinski definition) is 3. The fourth-order valence-electron chi connectivity index (χ4n) is 1.03. The van der Waals surface area contributed by atoms with Gasteiger partial charge in [-0.05, 0) is 28.1 Å². The van der Waals surface area contributed by atoms with Crippen molar-refractivity contribution in [2.24, 2.45) is 5.41 Å². The normalized spacial score (nSPS) is 12.0. The van der Waals surface area contributed by atoms with Crippen molar-refractivity contribution >= 4 is 15.9 Å². The van der Waals surface area contributed by atoms with Gasteiger partial charge in [0, 0.05) is 18.6 Å². The van der Waals surface area contributed by atoms with Crippen LogP contribution in [-0.2, 0) is 6.54 Å². The second-order valence-electron chi connectivity index (χ2n) is 4.13. The molecular formula is C10H16BrNO2. The summed E-state index contributed by atoms with van der Waals surface area (Å²) in [6.45, 7) is 5.66. The van der Waals surface area contributed by atoms with Gasteiger partial charge in [0.25, 0.3) is 0 Å². The lowest BCUT2D eigenvalue weighted by atomic mass is 9.95. The minimum absolute atomic E-state index is 0.0795. The largest absolute Gasteiger partial charge is 0.453 e. The van der Waals surface area contributed by atoms with Crippen LogP contribution in [0.2, 0.25) is 0 Å². The van der Waals surface area contributed by atoms with Crippen LogP contribution in [0.3, 0.4) is 0 Å². The van der Waals surface area contributed by atoms with Gasteiger partial charge in [0.05, 0.1) is 6.54 Å². The van der Waals surface area contributed by atoms with Gasteiger partial charge in [-0.15, -0.1) is 0 Å².